The summed E-state index contributed by atoms with van der Waals surface area (Å²) in [7, 11) is 0. The molecule has 1 saturated carbocycles. The van der Waals surface area contributed by atoms with Gasteiger partial charge in [-0.1, -0.05) is 26.1 Å². The molecule has 0 saturated heterocycles. The molecule has 2 atom stereocenters. The maximum atomic E-state index is 4.81. The highest BCUT2D eigenvalue weighted by Crippen LogP contribution is 2.42. The van der Waals surface area contributed by atoms with Crippen LogP contribution in [0.5, 0.6) is 0 Å². The van der Waals surface area contributed by atoms with E-state index in [1.54, 1.807) is 0 Å². The molecule has 2 unspecified atom stereocenters. The van der Waals surface area contributed by atoms with Crippen molar-refractivity contribution in [2.24, 2.45) is 17.8 Å². The van der Waals surface area contributed by atoms with Gasteiger partial charge in [0.05, 0.1) is 0 Å². The Kier molecular flexibility index (Phi) is 1.66. The molecule has 0 heterocycles. The first-order valence-electron chi connectivity index (χ1n) is 3.21. The highest BCUT2D eigenvalue weighted by molar-refractivity contribution is 7.79. The summed E-state index contributed by atoms with van der Waals surface area (Å²) < 4.78 is 0. The lowest BCUT2D eigenvalue weighted by atomic mass is 10.1. The van der Waals surface area contributed by atoms with E-state index in [-0.39, 0.29) is 0 Å². The molecule has 1 heteroatoms. The van der Waals surface area contributed by atoms with Crippen molar-refractivity contribution in [1.82, 2.24) is 0 Å². The molecule has 0 spiro atoms. The third-order valence-electron chi connectivity index (χ3n) is 1.92. The molecule has 0 aromatic carbocycles. The first kappa shape index (κ1) is 6.21. The predicted octanol–water partition coefficient (Wildman–Crippen LogP) is 2.28. The lowest BCUT2D eigenvalue weighted by Crippen LogP contribution is -1.91. The van der Waals surface area contributed by atoms with E-state index in [1.807, 2.05) is 5.37 Å². The zero-order chi connectivity index (χ0) is 6.15. The lowest BCUT2D eigenvalue weighted by Gasteiger charge is -1.97. The molecule has 0 aromatic heterocycles. The molecule has 0 bridgehead atoms. The van der Waals surface area contributed by atoms with Crippen molar-refractivity contribution >= 4 is 17.6 Å². The zero-order valence-corrected chi connectivity index (χ0v) is 6.24. The van der Waals surface area contributed by atoms with Crippen LogP contribution in [-0.4, -0.2) is 5.37 Å². The minimum Gasteiger partial charge on any atom is -0.0932 e. The molecule has 0 aliphatic heterocycles. The average molecular weight is 128 g/mol. The summed E-state index contributed by atoms with van der Waals surface area (Å²) in [5, 5.41) is 1.92. The Bertz CT molecular complexity index is 96.6. The second-order valence-electron chi connectivity index (χ2n) is 2.94. The number of hydrogen-bond donors (Lipinski definition) is 0. The van der Waals surface area contributed by atoms with Crippen molar-refractivity contribution in [3.8, 4) is 0 Å². The average Bonchev–Trinajstić information content (AvgIpc) is 2.42. The van der Waals surface area contributed by atoms with Crippen molar-refractivity contribution < 1.29 is 0 Å². The van der Waals surface area contributed by atoms with E-state index in [0.717, 1.165) is 17.8 Å². The van der Waals surface area contributed by atoms with Crippen LogP contribution < -0.4 is 0 Å². The zero-order valence-electron chi connectivity index (χ0n) is 5.42. The fourth-order valence-corrected chi connectivity index (χ4v) is 1.47. The van der Waals surface area contributed by atoms with Crippen LogP contribution in [0.3, 0.4) is 0 Å². The Morgan fingerprint density at radius 1 is 1.62 bits per heavy atom. The van der Waals surface area contributed by atoms with E-state index < -0.39 is 0 Å². The van der Waals surface area contributed by atoms with E-state index in [0.29, 0.717) is 0 Å². The van der Waals surface area contributed by atoms with Gasteiger partial charge in [-0.2, -0.15) is 0 Å². The highest BCUT2D eigenvalue weighted by atomic mass is 32.1. The van der Waals surface area contributed by atoms with Gasteiger partial charge in [0.2, 0.25) is 0 Å². The summed E-state index contributed by atoms with van der Waals surface area (Å²) in [5.74, 6) is 2.55. The summed E-state index contributed by atoms with van der Waals surface area (Å²) in [6.07, 6.45) is 1.35. The second kappa shape index (κ2) is 2.14. The summed E-state index contributed by atoms with van der Waals surface area (Å²) in [6.45, 7) is 4.53. The van der Waals surface area contributed by atoms with E-state index in [9.17, 15) is 0 Å². The van der Waals surface area contributed by atoms with Crippen LogP contribution in [-0.2, 0) is 0 Å². The highest BCUT2D eigenvalue weighted by Gasteiger charge is 2.36. The standard InChI is InChI=1S/C7H12S/c1-5(2)7-3-6(7)4-8/h4-7H,3H2,1-2H3. The maximum absolute atomic E-state index is 4.81. The Hall–Kier alpha value is 0.0900. The van der Waals surface area contributed by atoms with Crippen LogP contribution in [0.1, 0.15) is 20.3 Å². The summed E-state index contributed by atoms with van der Waals surface area (Å²) in [6, 6.07) is 0. The second-order valence-corrected chi connectivity index (χ2v) is 3.22. The first-order valence-corrected chi connectivity index (χ1v) is 3.68. The van der Waals surface area contributed by atoms with Crippen LogP contribution >= 0.6 is 12.2 Å². The van der Waals surface area contributed by atoms with Gasteiger partial charge in [0.15, 0.2) is 0 Å². The van der Waals surface area contributed by atoms with Crippen LogP contribution in [0, 0.1) is 17.8 Å². The van der Waals surface area contributed by atoms with Gasteiger partial charge in [-0.15, -0.1) is 0 Å². The molecule has 8 heavy (non-hydrogen) atoms. The molecule has 0 aromatic rings. The van der Waals surface area contributed by atoms with Gasteiger partial charge in [-0.3, -0.25) is 0 Å². The van der Waals surface area contributed by atoms with Crippen LogP contribution in [0.4, 0.5) is 0 Å². The van der Waals surface area contributed by atoms with E-state index in [1.165, 1.54) is 6.42 Å². The quantitative estimate of drug-likeness (QED) is 0.514. The van der Waals surface area contributed by atoms with E-state index in [2.05, 4.69) is 13.8 Å². The molecule has 0 nitrogen and oxygen atoms in total. The molecule has 1 rings (SSSR count). The van der Waals surface area contributed by atoms with Gasteiger partial charge >= 0.3 is 0 Å². The van der Waals surface area contributed by atoms with Gasteiger partial charge in [0.1, 0.15) is 0 Å². The molecular formula is C7H12S. The topological polar surface area (TPSA) is 0 Å². The third-order valence-corrected chi connectivity index (χ3v) is 2.27. The number of hydrogen-bond acceptors (Lipinski definition) is 1. The third kappa shape index (κ3) is 1.08. The van der Waals surface area contributed by atoms with Gasteiger partial charge in [-0.25, -0.2) is 0 Å². The maximum Gasteiger partial charge on any atom is -0.00945 e. The summed E-state index contributed by atoms with van der Waals surface area (Å²) in [5.41, 5.74) is 0. The molecule has 1 aliphatic carbocycles. The van der Waals surface area contributed by atoms with Crippen LogP contribution in [0.25, 0.3) is 0 Å². The normalized spacial score (nSPS) is 35.4. The van der Waals surface area contributed by atoms with Gasteiger partial charge in [0, 0.05) is 0 Å². The fourth-order valence-electron chi connectivity index (χ4n) is 1.16. The van der Waals surface area contributed by atoms with Crippen molar-refractivity contribution in [2.75, 3.05) is 0 Å². The molecule has 1 aliphatic rings. The van der Waals surface area contributed by atoms with Gasteiger partial charge in [0.25, 0.3) is 0 Å². The summed E-state index contributed by atoms with van der Waals surface area (Å²) in [4.78, 5) is 0. The van der Waals surface area contributed by atoms with E-state index in [4.69, 9.17) is 12.2 Å². The first-order chi connectivity index (χ1) is 3.75. The largest absolute Gasteiger partial charge is 0.0932 e. The molecular weight excluding hydrogens is 116 g/mol. The summed E-state index contributed by atoms with van der Waals surface area (Å²) >= 11 is 4.81. The monoisotopic (exact) mass is 128 g/mol. The molecule has 0 amide bonds. The van der Waals surface area contributed by atoms with Crippen molar-refractivity contribution in [1.29, 1.82) is 0 Å². The lowest BCUT2D eigenvalue weighted by molar-refractivity contribution is 0.550. The predicted molar refractivity (Wildman–Crippen MR) is 40.1 cm³/mol. The Morgan fingerprint density at radius 3 is 2.38 bits per heavy atom. The molecule has 0 N–H and O–H groups in total. The molecule has 0 radical (unpaired) electrons. The Balaban J connectivity index is 2.26. The minimum absolute atomic E-state index is 0.782. The smallest absolute Gasteiger partial charge is 0.00945 e. The van der Waals surface area contributed by atoms with Crippen LogP contribution in [0.2, 0.25) is 0 Å². The SMILES string of the molecule is CC(C)C1CC1C=S. The minimum atomic E-state index is 0.782. The number of rotatable bonds is 2. The van der Waals surface area contributed by atoms with Crippen molar-refractivity contribution in [3.05, 3.63) is 0 Å². The van der Waals surface area contributed by atoms with Crippen molar-refractivity contribution in [3.63, 3.8) is 0 Å². The fraction of sp³-hybridized carbons (Fsp3) is 0.857. The van der Waals surface area contributed by atoms with Crippen molar-refractivity contribution in [2.45, 2.75) is 20.3 Å². The van der Waals surface area contributed by atoms with Gasteiger partial charge in [-0.05, 0) is 29.5 Å². The van der Waals surface area contributed by atoms with Gasteiger partial charge < -0.3 is 0 Å². The Morgan fingerprint density at radius 2 is 2.25 bits per heavy atom. The molecule has 46 valence electrons. The van der Waals surface area contributed by atoms with E-state index >= 15 is 0 Å². The Labute approximate surface area is 56.3 Å². The number of thiocarbonyl (C=S) groups is 1. The van der Waals surface area contributed by atoms with Crippen LogP contribution in [0.15, 0.2) is 0 Å². The molecule has 1 fully saturated rings.